The molecule has 0 heterocycles. The number of hydrogen-bond acceptors (Lipinski definition) is 4. The highest BCUT2D eigenvalue weighted by Crippen LogP contribution is 2.18. The number of carbonyl (C=O) groups excluding carboxylic acids is 2. The Morgan fingerprint density at radius 3 is 1.40 bits per heavy atom. The van der Waals surface area contributed by atoms with Crippen molar-refractivity contribution in [2.75, 3.05) is 6.54 Å². The van der Waals surface area contributed by atoms with Gasteiger partial charge in [0.05, 0.1) is 0 Å². The zero-order valence-corrected chi connectivity index (χ0v) is 26.5. The fraction of sp³-hybridized carbons (Fsp3) is 0.912. The lowest BCUT2D eigenvalue weighted by molar-refractivity contribution is -0.150. The topological polar surface area (TPSA) is 92.7 Å². The summed E-state index contributed by atoms with van der Waals surface area (Å²) in [5, 5.41) is 11.0. The summed E-state index contributed by atoms with van der Waals surface area (Å²) >= 11 is 0. The first-order chi connectivity index (χ1) is 19.5. The highest BCUT2D eigenvalue weighted by atomic mass is 16.5. The van der Waals surface area contributed by atoms with Gasteiger partial charge in [0, 0.05) is 12.8 Å². The Morgan fingerprint density at radius 2 is 0.925 bits per heavy atom. The molecule has 1 unspecified atom stereocenters. The number of carboxylic acids is 1. The van der Waals surface area contributed by atoms with E-state index in [4.69, 9.17) is 9.84 Å². The van der Waals surface area contributed by atoms with Crippen molar-refractivity contribution in [1.29, 1.82) is 0 Å². The maximum Gasteiger partial charge on any atom is 0.322 e. The zero-order valence-electron chi connectivity index (χ0n) is 26.5. The predicted octanol–water partition coefficient (Wildman–Crippen LogP) is 9.67. The molecule has 6 nitrogen and oxygen atoms in total. The SMILES string of the molecule is CCCCCCCCCCCCCCCCCCCC(=O)OC(CCCCC)CCCCCC(=O)NCC(=O)O. The molecule has 0 radical (unpaired) electrons. The van der Waals surface area contributed by atoms with Crippen molar-refractivity contribution >= 4 is 17.8 Å². The molecule has 6 heteroatoms. The molecular formula is C34H65NO5. The van der Waals surface area contributed by atoms with Crippen LogP contribution in [0.2, 0.25) is 0 Å². The minimum atomic E-state index is -1.03. The van der Waals surface area contributed by atoms with Gasteiger partial charge in [0.2, 0.25) is 5.91 Å². The summed E-state index contributed by atoms with van der Waals surface area (Å²) in [5.74, 6) is -1.31. The van der Waals surface area contributed by atoms with Gasteiger partial charge >= 0.3 is 11.9 Å². The molecule has 0 aliphatic heterocycles. The molecule has 0 aromatic heterocycles. The van der Waals surface area contributed by atoms with Crippen LogP contribution in [0.5, 0.6) is 0 Å². The van der Waals surface area contributed by atoms with Crippen molar-refractivity contribution in [3.8, 4) is 0 Å². The summed E-state index contributed by atoms with van der Waals surface area (Å²) in [6.45, 7) is 4.13. The highest BCUT2D eigenvalue weighted by molar-refractivity contribution is 5.80. The number of ether oxygens (including phenoxy) is 1. The minimum absolute atomic E-state index is 0.0225. The first-order valence-corrected chi connectivity index (χ1v) is 17.2. The number of esters is 1. The van der Waals surface area contributed by atoms with Gasteiger partial charge in [-0.25, -0.2) is 0 Å². The minimum Gasteiger partial charge on any atom is -0.480 e. The molecule has 0 spiro atoms. The molecule has 0 aromatic rings. The van der Waals surface area contributed by atoms with Gasteiger partial charge in [0.25, 0.3) is 0 Å². The van der Waals surface area contributed by atoms with E-state index in [1.54, 1.807) is 0 Å². The lowest BCUT2D eigenvalue weighted by atomic mass is 10.0. The van der Waals surface area contributed by atoms with E-state index >= 15 is 0 Å². The molecule has 0 fully saturated rings. The Morgan fingerprint density at radius 1 is 0.550 bits per heavy atom. The predicted molar refractivity (Wildman–Crippen MR) is 167 cm³/mol. The smallest absolute Gasteiger partial charge is 0.322 e. The average Bonchev–Trinajstić information content (AvgIpc) is 2.93. The Kier molecular flexibility index (Phi) is 29.2. The summed E-state index contributed by atoms with van der Waals surface area (Å²) in [6.07, 6.45) is 31.1. The Hall–Kier alpha value is -1.59. The number of unbranched alkanes of at least 4 members (excludes halogenated alkanes) is 20. The van der Waals surface area contributed by atoms with Gasteiger partial charge in [-0.3, -0.25) is 14.4 Å². The molecule has 0 aliphatic rings. The van der Waals surface area contributed by atoms with E-state index in [0.717, 1.165) is 64.2 Å². The summed E-state index contributed by atoms with van der Waals surface area (Å²) in [5.41, 5.74) is 0. The zero-order chi connectivity index (χ0) is 29.5. The molecule has 1 atom stereocenters. The fourth-order valence-electron chi connectivity index (χ4n) is 5.22. The first-order valence-electron chi connectivity index (χ1n) is 17.2. The lowest BCUT2D eigenvalue weighted by Gasteiger charge is -2.18. The average molecular weight is 568 g/mol. The van der Waals surface area contributed by atoms with Crippen molar-refractivity contribution in [1.82, 2.24) is 5.32 Å². The van der Waals surface area contributed by atoms with Crippen LogP contribution in [0.4, 0.5) is 0 Å². The van der Waals surface area contributed by atoms with Crippen molar-refractivity contribution < 1.29 is 24.2 Å². The normalized spacial score (nSPS) is 11.8. The number of amides is 1. The molecule has 0 saturated heterocycles. The lowest BCUT2D eigenvalue weighted by Crippen LogP contribution is -2.28. The molecule has 0 aliphatic carbocycles. The van der Waals surface area contributed by atoms with E-state index in [2.05, 4.69) is 19.2 Å². The largest absolute Gasteiger partial charge is 0.480 e. The monoisotopic (exact) mass is 567 g/mol. The van der Waals surface area contributed by atoms with E-state index < -0.39 is 5.97 Å². The van der Waals surface area contributed by atoms with Crippen LogP contribution < -0.4 is 5.32 Å². The number of hydrogen-bond donors (Lipinski definition) is 2. The number of rotatable bonds is 31. The summed E-state index contributed by atoms with van der Waals surface area (Å²) < 4.78 is 5.84. The second-order valence-electron chi connectivity index (χ2n) is 11.8. The van der Waals surface area contributed by atoms with Crippen LogP contribution >= 0.6 is 0 Å². The van der Waals surface area contributed by atoms with Gasteiger partial charge < -0.3 is 15.2 Å². The molecule has 2 N–H and O–H groups in total. The van der Waals surface area contributed by atoms with E-state index in [9.17, 15) is 14.4 Å². The molecule has 0 rings (SSSR count). The molecule has 1 amide bonds. The van der Waals surface area contributed by atoms with E-state index in [1.807, 2.05) is 0 Å². The first kappa shape index (κ1) is 38.4. The quantitative estimate of drug-likeness (QED) is 0.0642. The molecule has 0 aromatic carbocycles. The number of carbonyl (C=O) groups is 3. The van der Waals surface area contributed by atoms with Gasteiger partial charge in [0.15, 0.2) is 0 Å². The van der Waals surface area contributed by atoms with Crippen LogP contribution in [0.3, 0.4) is 0 Å². The number of nitrogens with one attached hydrogen (secondary N) is 1. The van der Waals surface area contributed by atoms with Gasteiger partial charge in [-0.05, 0) is 38.5 Å². The standard InChI is InChI=1S/C34H65NO5/c1-3-5-7-8-9-10-11-12-13-14-15-16-17-18-19-20-25-29-34(39)40-31(26-22-6-4-2)27-23-21-24-28-32(36)35-30-33(37)38/h31H,3-30H2,1-2H3,(H,35,36)(H,37,38). The van der Waals surface area contributed by atoms with Crippen LogP contribution in [-0.2, 0) is 19.1 Å². The maximum absolute atomic E-state index is 12.4. The Balaban J connectivity index is 3.73. The van der Waals surface area contributed by atoms with E-state index in [-0.39, 0.29) is 24.5 Å². The third kappa shape index (κ3) is 29.4. The number of aliphatic carboxylic acids is 1. The second-order valence-corrected chi connectivity index (χ2v) is 11.8. The molecule has 236 valence electrons. The third-order valence-corrected chi connectivity index (χ3v) is 7.78. The third-order valence-electron chi connectivity index (χ3n) is 7.78. The number of carboxylic acid groups (broad SMARTS) is 1. The Bertz CT molecular complexity index is 595. The van der Waals surface area contributed by atoms with Gasteiger partial charge in [-0.2, -0.15) is 0 Å². The second kappa shape index (κ2) is 30.4. The summed E-state index contributed by atoms with van der Waals surface area (Å²) in [4.78, 5) is 34.6. The molecule has 0 bridgehead atoms. The van der Waals surface area contributed by atoms with Crippen LogP contribution in [-0.4, -0.2) is 35.6 Å². The van der Waals surface area contributed by atoms with Gasteiger partial charge in [0.1, 0.15) is 12.6 Å². The molecule has 40 heavy (non-hydrogen) atoms. The maximum atomic E-state index is 12.4. The summed E-state index contributed by atoms with van der Waals surface area (Å²) in [6, 6.07) is 0. The van der Waals surface area contributed by atoms with Crippen molar-refractivity contribution in [2.45, 2.75) is 193 Å². The molecule has 0 saturated carbocycles. The van der Waals surface area contributed by atoms with Crippen molar-refractivity contribution in [2.24, 2.45) is 0 Å². The van der Waals surface area contributed by atoms with Crippen LogP contribution in [0, 0.1) is 0 Å². The van der Waals surface area contributed by atoms with Gasteiger partial charge in [-0.15, -0.1) is 0 Å². The van der Waals surface area contributed by atoms with Crippen LogP contribution in [0.15, 0.2) is 0 Å². The highest BCUT2D eigenvalue weighted by Gasteiger charge is 2.14. The van der Waals surface area contributed by atoms with E-state index in [0.29, 0.717) is 12.8 Å². The van der Waals surface area contributed by atoms with Gasteiger partial charge in [-0.1, -0.05) is 136 Å². The van der Waals surface area contributed by atoms with E-state index in [1.165, 1.54) is 96.3 Å². The van der Waals surface area contributed by atoms with Crippen LogP contribution in [0.1, 0.15) is 187 Å². The van der Waals surface area contributed by atoms with Crippen molar-refractivity contribution in [3.05, 3.63) is 0 Å². The van der Waals surface area contributed by atoms with Crippen molar-refractivity contribution in [3.63, 3.8) is 0 Å². The summed E-state index contributed by atoms with van der Waals surface area (Å²) in [7, 11) is 0. The fourth-order valence-corrected chi connectivity index (χ4v) is 5.22. The Labute approximate surface area is 247 Å². The van der Waals surface area contributed by atoms with Crippen LogP contribution in [0.25, 0.3) is 0 Å². The molecular weight excluding hydrogens is 502 g/mol.